The molecule has 7 nitrogen and oxygen atoms in total. The van der Waals surface area contributed by atoms with E-state index in [1.807, 2.05) is 27.7 Å². The molecule has 0 saturated carbocycles. The van der Waals surface area contributed by atoms with Crippen molar-refractivity contribution in [2.75, 3.05) is 0 Å². The van der Waals surface area contributed by atoms with Crippen LogP contribution in [-0.4, -0.2) is 33.1 Å². The Hall–Kier alpha value is -2.13. The first-order valence-electron chi connectivity index (χ1n) is 9.27. The molecule has 0 radical (unpaired) electrons. The number of carboxylic acids is 2. The predicted octanol–water partition coefficient (Wildman–Crippen LogP) is 5.10. The zero-order valence-electron chi connectivity index (χ0n) is 16.8. The van der Waals surface area contributed by atoms with Crippen LogP contribution in [0.3, 0.4) is 0 Å². The summed E-state index contributed by atoms with van der Waals surface area (Å²) in [6.07, 6.45) is 0.544. The number of carbonyl (C=O) groups is 3. The van der Waals surface area contributed by atoms with Gasteiger partial charge in [-0.15, -0.1) is 11.3 Å². The van der Waals surface area contributed by atoms with E-state index in [9.17, 15) is 19.5 Å². The minimum atomic E-state index is -1.10. The Balaban J connectivity index is 2.22. The van der Waals surface area contributed by atoms with Crippen LogP contribution in [0.5, 0.6) is 0 Å². The average Bonchev–Trinajstić information content (AvgIpc) is 2.99. The SMILES string of the molecule is CC(C)CC(CC(=O)O)(CC(C)C)C(=O)OSc1nc2cc(C(=O)O)ccc2s1. The molecule has 0 fully saturated rings. The zero-order valence-corrected chi connectivity index (χ0v) is 18.4. The van der Waals surface area contributed by atoms with E-state index < -0.39 is 23.3 Å². The minimum Gasteiger partial charge on any atom is -0.481 e. The summed E-state index contributed by atoms with van der Waals surface area (Å²) in [5.41, 5.74) is -0.464. The first-order chi connectivity index (χ1) is 13.5. The molecule has 0 unspecified atom stereocenters. The molecule has 158 valence electrons. The maximum atomic E-state index is 13.0. The van der Waals surface area contributed by atoms with Gasteiger partial charge in [-0.2, -0.15) is 0 Å². The lowest BCUT2D eigenvalue weighted by Gasteiger charge is -2.32. The molecule has 0 atom stereocenters. The number of fused-ring (bicyclic) bond motifs is 1. The number of rotatable bonds is 10. The van der Waals surface area contributed by atoms with Gasteiger partial charge in [0, 0.05) is 0 Å². The van der Waals surface area contributed by atoms with Crippen LogP contribution in [0.15, 0.2) is 22.5 Å². The van der Waals surface area contributed by atoms with Crippen LogP contribution >= 0.6 is 23.4 Å². The van der Waals surface area contributed by atoms with Gasteiger partial charge >= 0.3 is 17.9 Å². The third kappa shape index (κ3) is 6.17. The number of benzene rings is 1. The largest absolute Gasteiger partial charge is 0.481 e. The third-order valence-electron chi connectivity index (χ3n) is 4.32. The third-order valence-corrected chi connectivity index (χ3v) is 6.08. The molecule has 0 aliphatic rings. The van der Waals surface area contributed by atoms with Crippen molar-refractivity contribution >= 4 is 51.5 Å². The fourth-order valence-corrected chi connectivity index (χ4v) is 5.20. The predicted molar refractivity (Wildman–Crippen MR) is 112 cm³/mol. The van der Waals surface area contributed by atoms with Crippen LogP contribution < -0.4 is 0 Å². The van der Waals surface area contributed by atoms with Gasteiger partial charge < -0.3 is 14.4 Å². The van der Waals surface area contributed by atoms with E-state index in [0.717, 1.165) is 16.7 Å². The van der Waals surface area contributed by atoms with E-state index in [1.54, 1.807) is 6.07 Å². The molecular weight excluding hydrogens is 414 g/mol. The van der Waals surface area contributed by atoms with E-state index in [4.69, 9.17) is 9.29 Å². The lowest BCUT2D eigenvalue weighted by Crippen LogP contribution is -2.37. The van der Waals surface area contributed by atoms with Crippen molar-refractivity contribution in [3.63, 3.8) is 0 Å². The van der Waals surface area contributed by atoms with Crippen molar-refractivity contribution in [2.45, 2.75) is 51.3 Å². The molecule has 0 aliphatic heterocycles. The maximum absolute atomic E-state index is 13.0. The lowest BCUT2D eigenvalue weighted by molar-refractivity contribution is -0.154. The number of aromatic carboxylic acids is 1. The highest BCUT2D eigenvalue weighted by atomic mass is 32.2. The van der Waals surface area contributed by atoms with Gasteiger partial charge in [-0.05, 0) is 42.9 Å². The van der Waals surface area contributed by atoms with Crippen molar-refractivity contribution < 1.29 is 28.8 Å². The topological polar surface area (TPSA) is 114 Å². The Kier molecular flexibility index (Phi) is 7.65. The van der Waals surface area contributed by atoms with Crippen LogP contribution in [0, 0.1) is 17.3 Å². The van der Waals surface area contributed by atoms with Gasteiger partial charge in [0.2, 0.25) is 0 Å². The van der Waals surface area contributed by atoms with Gasteiger partial charge in [0.1, 0.15) is 12.0 Å². The normalized spacial score (nSPS) is 11.9. The van der Waals surface area contributed by atoms with Gasteiger partial charge in [0.25, 0.3) is 0 Å². The van der Waals surface area contributed by atoms with Gasteiger partial charge in [0.05, 0.1) is 27.6 Å². The first kappa shape index (κ1) is 23.2. The summed E-state index contributed by atoms with van der Waals surface area (Å²) in [5.74, 6) is -2.38. The summed E-state index contributed by atoms with van der Waals surface area (Å²) < 4.78 is 6.68. The highest BCUT2D eigenvalue weighted by Crippen LogP contribution is 2.41. The van der Waals surface area contributed by atoms with Crippen molar-refractivity contribution in [3.8, 4) is 0 Å². The quantitative estimate of drug-likeness (QED) is 0.492. The number of carbonyl (C=O) groups excluding carboxylic acids is 1. The molecule has 9 heteroatoms. The van der Waals surface area contributed by atoms with E-state index in [2.05, 4.69) is 4.98 Å². The number of hydrogen-bond donors (Lipinski definition) is 2. The van der Waals surface area contributed by atoms with Crippen LogP contribution in [0.2, 0.25) is 0 Å². The first-order valence-corrected chi connectivity index (χ1v) is 10.8. The number of aliphatic carboxylic acids is 1. The Bertz CT molecular complexity index is 896. The average molecular weight is 440 g/mol. The molecule has 0 bridgehead atoms. The highest BCUT2D eigenvalue weighted by molar-refractivity contribution is 7.97. The summed E-state index contributed by atoms with van der Waals surface area (Å²) in [5, 5.41) is 18.5. The summed E-state index contributed by atoms with van der Waals surface area (Å²) >= 11 is 2.07. The summed E-state index contributed by atoms with van der Waals surface area (Å²) in [7, 11) is 0. The Morgan fingerprint density at radius 3 is 2.28 bits per heavy atom. The zero-order chi connectivity index (χ0) is 21.8. The number of nitrogens with zero attached hydrogens (tertiary/aromatic N) is 1. The van der Waals surface area contributed by atoms with Crippen molar-refractivity contribution in [2.24, 2.45) is 17.3 Å². The van der Waals surface area contributed by atoms with Crippen LogP contribution in [0.4, 0.5) is 0 Å². The molecule has 0 amide bonds. The van der Waals surface area contributed by atoms with E-state index in [-0.39, 0.29) is 23.8 Å². The van der Waals surface area contributed by atoms with Crippen molar-refractivity contribution in [1.82, 2.24) is 4.98 Å². The lowest BCUT2D eigenvalue weighted by atomic mass is 9.72. The van der Waals surface area contributed by atoms with Crippen molar-refractivity contribution in [3.05, 3.63) is 23.8 Å². The number of carboxylic acid groups (broad SMARTS) is 2. The number of aromatic nitrogens is 1. The van der Waals surface area contributed by atoms with E-state index >= 15 is 0 Å². The molecule has 1 aromatic heterocycles. The van der Waals surface area contributed by atoms with Gasteiger partial charge in [-0.3, -0.25) is 9.59 Å². The van der Waals surface area contributed by atoms with Crippen LogP contribution in [0.1, 0.15) is 57.3 Å². The molecule has 1 aromatic carbocycles. The molecule has 2 aromatic rings. The number of thiazole rings is 1. The van der Waals surface area contributed by atoms with Gasteiger partial charge in [-0.25, -0.2) is 9.78 Å². The molecule has 1 heterocycles. The van der Waals surface area contributed by atoms with E-state index in [0.29, 0.717) is 22.7 Å². The Morgan fingerprint density at radius 1 is 1.14 bits per heavy atom. The highest BCUT2D eigenvalue weighted by Gasteiger charge is 2.43. The summed E-state index contributed by atoms with van der Waals surface area (Å²) in [6.45, 7) is 7.80. The fraction of sp³-hybridized carbons (Fsp3) is 0.500. The molecule has 0 aliphatic carbocycles. The van der Waals surface area contributed by atoms with E-state index in [1.165, 1.54) is 23.5 Å². The van der Waals surface area contributed by atoms with Crippen molar-refractivity contribution in [1.29, 1.82) is 0 Å². The van der Waals surface area contributed by atoms with Crippen LogP contribution in [0.25, 0.3) is 10.2 Å². The minimum absolute atomic E-state index is 0.127. The smallest absolute Gasteiger partial charge is 0.335 e. The maximum Gasteiger partial charge on any atom is 0.335 e. The van der Waals surface area contributed by atoms with Gasteiger partial charge in [0.15, 0.2) is 4.34 Å². The molecule has 2 rings (SSSR count). The Morgan fingerprint density at radius 2 is 1.76 bits per heavy atom. The summed E-state index contributed by atoms with van der Waals surface area (Å²) in [4.78, 5) is 39.9. The monoisotopic (exact) mass is 439 g/mol. The molecule has 0 spiro atoms. The second-order valence-electron chi connectivity index (χ2n) is 7.97. The summed E-state index contributed by atoms with van der Waals surface area (Å²) in [6, 6.07) is 4.62. The van der Waals surface area contributed by atoms with Crippen LogP contribution in [-0.2, 0) is 13.8 Å². The number of hydrogen-bond acceptors (Lipinski definition) is 7. The molecule has 0 saturated heterocycles. The molecule has 2 N–H and O–H groups in total. The Labute approximate surface area is 177 Å². The second kappa shape index (κ2) is 9.58. The standard InChI is InChI=1S/C20H25NO6S2/c1-11(2)8-20(9-12(3)4,10-16(22)23)18(26)27-29-19-21-14-7-13(17(24)25)5-6-15(14)28-19/h5-7,11-12H,8-10H2,1-4H3,(H,22,23)(H,24,25). The second-order valence-corrected chi connectivity index (χ2v) is 9.98. The molecular formula is C20H25NO6S2. The van der Waals surface area contributed by atoms with Gasteiger partial charge in [-0.1, -0.05) is 27.7 Å². The fourth-order valence-electron chi connectivity index (χ4n) is 3.56. The molecule has 29 heavy (non-hydrogen) atoms.